The van der Waals surface area contributed by atoms with Crippen LogP contribution in [0.5, 0.6) is 0 Å². The predicted octanol–water partition coefficient (Wildman–Crippen LogP) is 2.65. The van der Waals surface area contributed by atoms with E-state index in [2.05, 4.69) is 15.9 Å². The van der Waals surface area contributed by atoms with E-state index in [1.807, 2.05) is 44.2 Å². The molecule has 3 heteroatoms. The molecule has 0 aliphatic heterocycles. The van der Waals surface area contributed by atoms with Gasteiger partial charge >= 0.3 is 0 Å². The van der Waals surface area contributed by atoms with Crippen molar-refractivity contribution < 1.29 is 9.84 Å². The highest BCUT2D eigenvalue weighted by atomic mass is 79.9. The van der Waals surface area contributed by atoms with E-state index in [0.717, 1.165) is 5.56 Å². The second kappa shape index (κ2) is 4.91. The Kier molecular flexibility index (Phi) is 4.11. The highest BCUT2D eigenvalue weighted by Crippen LogP contribution is 2.34. The largest absolute Gasteiger partial charge is 0.366 e. The first-order valence-corrected chi connectivity index (χ1v) is 5.42. The Bertz CT molecular complexity index is 272. The number of hydrogen-bond acceptors (Lipinski definition) is 2. The Morgan fingerprint density at radius 3 is 2.50 bits per heavy atom. The van der Waals surface area contributed by atoms with E-state index in [-0.39, 0.29) is 0 Å². The summed E-state index contributed by atoms with van der Waals surface area (Å²) in [6.07, 6.45) is -0.838. The molecule has 0 radical (unpaired) electrons. The Balaban J connectivity index is 2.84. The van der Waals surface area contributed by atoms with Gasteiger partial charge in [-0.05, 0) is 19.4 Å². The maximum atomic E-state index is 9.76. The number of ether oxygens (including phenoxy) is 1. The Morgan fingerprint density at radius 2 is 2.00 bits per heavy atom. The van der Waals surface area contributed by atoms with Crippen molar-refractivity contribution in [2.24, 2.45) is 0 Å². The summed E-state index contributed by atoms with van der Waals surface area (Å²) in [6, 6.07) is 9.73. The van der Waals surface area contributed by atoms with Crippen LogP contribution in [-0.4, -0.2) is 18.0 Å². The third kappa shape index (κ3) is 2.56. The summed E-state index contributed by atoms with van der Waals surface area (Å²) < 4.78 is 4.62. The van der Waals surface area contributed by atoms with E-state index in [0.29, 0.717) is 6.61 Å². The van der Waals surface area contributed by atoms with Crippen molar-refractivity contribution in [3.8, 4) is 0 Å². The van der Waals surface area contributed by atoms with Crippen LogP contribution >= 0.6 is 15.9 Å². The van der Waals surface area contributed by atoms with E-state index in [9.17, 15) is 5.11 Å². The van der Waals surface area contributed by atoms with E-state index in [4.69, 9.17) is 4.74 Å². The van der Waals surface area contributed by atoms with Crippen LogP contribution in [0.1, 0.15) is 19.4 Å². The lowest BCUT2D eigenvalue weighted by atomic mass is 10.0. The smallest absolute Gasteiger partial charge is 0.173 e. The fourth-order valence-electron chi connectivity index (χ4n) is 1.22. The third-order valence-corrected chi connectivity index (χ3v) is 2.98. The summed E-state index contributed by atoms with van der Waals surface area (Å²) in [5.74, 6) is 0. The first-order chi connectivity index (χ1) is 6.59. The minimum atomic E-state index is -0.838. The summed E-state index contributed by atoms with van der Waals surface area (Å²) in [5.41, 5.74) is 1.00. The molecule has 0 fully saturated rings. The van der Waals surface area contributed by atoms with Crippen LogP contribution in [0.15, 0.2) is 30.3 Å². The molecule has 0 saturated carbocycles. The van der Waals surface area contributed by atoms with Crippen LogP contribution in [0.3, 0.4) is 0 Å². The summed E-state index contributed by atoms with van der Waals surface area (Å²) in [7, 11) is 0. The Morgan fingerprint density at radius 1 is 1.43 bits per heavy atom. The normalized spacial score (nSPS) is 17.4. The fourth-order valence-corrected chi connectivity index (χ4v) is 1.62. The monoisotopic (exact) mass is 258 g/mol. The molecule has 0 saturated heterocycles. The summed E-state index contributed by atoms with van der Waals surface area (Å²) in [5, 5.41) is 9.76. The van der Waals surface area contributed by atoms with Gasteiger partial charge < -0.3 is 9.84 Å². The van der Waals surface area contributed by atoms with Crippen LogP contribution in [-0.2, 0) is 9.06 Å². The lowest BCUT2D eigenvalue weighted by Crippen LogP contribution is -2.33. The van der Waals surface area contributed by atoms with Gasteiger partial charge in [0.15, 0.2) is 6.29 Å². The van der Waals surface area contributed by atoms with Gasteiger partial charge in [0.2, 0.25) is 0 Å². The molecule has 0 aromatic heterocycles. The molecule has 1 rings (SSSR count). The average molecular weight is 259 g/mol. The van der Waals surface area contributed by atoms with Gasteiger partial charge in [-0.2, -0.15) is 0 Å². The van der Waals surface area contributed by atoms with Crippen LogP contribution in [0, 0.1) is 0 Å². The number of alkyl halides is 1. The van der Waals surface area contributed by atoms with Crippen LogP contribution in [0.25, 0.3) is 0 Å². The van der Waals surface area contributed by atoms with Crippen molar-refractivity contribution in [2.75, 3.05) is 6.61 Å². The molecule has 0 aliphatic rings. The molecule has 1 aromatic rings. The van der Waals surface area contributed by atoms with Crippen LogP contribution < -0.4 is 0 Å². The molecule has 78 valence electrons. The van der Waals surface area contributed by atoms with Crippen molar-refractivity contribution >= 4 is 15.9 Å². The number of rotatable bonds is 4. The molecule has 14 heavy (non-hydrogen) atoms. The van der Waals surface area contributed by atoms with Crippen molar-refractivity contribution in [1.29, 1.82) is 0 Å². The molecule has 1 unspecified atom stereocenters. The molecule has 1 N–H and O–H groups in total. The van der Waals surface area contributed by atoms with E-state index < -0.39 is 10.6 Å². The standard InChI is InChI=1S/C11H15BrO2/c1-3-14-10(13)11(2,12)9-7-5-4-6-8-9/h4-8,10,13H,3H2,1-2H3/t10-,11?/m0/s1. The van der Waals surface area contributed by atoms with Crippen molar-refractivity contribution in [3.05, 3.63) is 35.9 Å². The van der Waals surface area contributed by atoms with Gasteiger partial charge in [0, 0.05) is 6.61 Å². The maximum absolute atomic E-state index is 9.76. The van der Waals surface area contributed by atoms with Gasteiger partial charge in [-0.1, -0.05) is 46.3 Å². The quantitative estimate of drug-likeness (QED) is 0.665. The zero-order valence-electron chi connectivity index (χ0n) is 8.40. The van der Waals surface area contributed by atoms with Gasteiger partial charge in [0.1, 0.15) is 0 Å². The molecular formula is C11H15BrO2. The topological polar surface area (TPSA) is 29.5 Å². The minimum absolute atomic E-state index is 0.495. The molecule has 2 atom stereocenters. The molecule has 1 aromatic carbocycles. The molecule has 0 heterocycles. The molecule has 0 spiro atoms. The lowest BCUT2D eigenvalue weighted by molar-refractivity contribution is -0.115. The Hall–Kier alpha value is -0.380. The van der Waals surface area contributed by atoms with Gasteiger partial charge in [-0.15, -0.1) is 0 Å². The van der Waals surface area contributed by atoms with Crippen LogP contribution in [0.4, 0.5) is 0 Å². The van der Waals surface area contributed by atoms with Gasteiger partial charge in [-0.25, -0.2) is 0 Å². The zero-order valence-corrected chi connectivity index (χ0v) is 9.99. The molecular weight excluding hydrogens is 244 g/mol. The number of aliphatic hydroxyl groups excluding tert-OH is 1. The molecule has 2 nitrogen and oxygen atoms in total. The fraction of sp³-hybridized carbons (Fsp3) is 0.455. The number of halogens is 1. The highest BCUT2D eigenvalue weighted by molar-refractivity contribution is 9.09. The average Bonchev–Trinajstić information content (AvgIpc) is 2.19. The van der Waals surface area contributed by atoms with Gasteiger partial charge in [0.25, 0.3) is 0 Å². The Labute approximate surface area is 93.0 Å². The molecule has 0 amide bonds. The molecule has 0 bridgehead atoms. The van der Waals surface area contributed by atoms with Crippen molar-refractivity contribution in [1.82, 2.24) is 0 Å². The summed E-state index contributed by atoms with van der Waals surface area (Å²) in [4.78, 5) is 0. The summed E-state index contributed by atoms with van der Waals surface area (Å²) >= 11 is 3.48. The first kappa shape index (κ1) is 11.7. The number of hydrogen-bond donors (Lipinski definition) is 1. The van der Waals surface area contributed by atoms with Gasteiger partial charge in [0.05, 0.1) is 4.32 Å². The second-order valence-corrected chi connectivity index (χ2v) is 4.90. The third-order valence-electron chi connectivity index (χ3n) is 2.13. The second-order valence-electron chi connectivity index (χ2n) is 3.25. The predicted molar refractivity (Wildman–Crippen MR) is 60.4 cm³/mol. The molecule has 0 aliphatic carbocycles. The maximum Gasteiger partial charge on any atom is 0.173 e. The van der Waals surface area contributed by atoms with E-state index in [1.54, 1.807) is 0 Å². The van der Waals surface area contributed by atoms with Gasteiger partial charge in [-0.3, -0.25) is 0 Å². The lowest BCUT2D eigenvalue weighted by Gasteiger charge is -2.28. The summed E-state index contributed by atoms with van der Waals surface area (Å²) in [6.45, 7) is 4.25. The van der Waals surface area contributed by atoms with E-state index >= 15 is 0 Å². The van der Waals surface area contributed by atoms with Crippen molar-refractivity contribution in [3.63, 3.8) is 0 Å². The highest BCUT2D eigenvalue weighted by Gasteiger charge is 2.32. The van der Waals surface area contributed by atoms with E-state index in [1.165, 1.54) is 0 Å². The van der Waals surface area contributed by atoms with Crippen LogP contribution in [0.2, 0.25) is 0 Å². The number of aliphatic hydroxyl groups is 1. The zero-order chi connectivity index (χ0) is 10.6. The first-order valence-electron chi connectivity index (χ1n) is 4.63. The minimum Gasteiger partial charge on any atom is -0.366 e. The number of benzene rings is 1. The van der Waals surface area contributed by atoms with Crippen molar-refractivity contribution in [2.45, 2.75) is 24.5 Å². The SMILES string of the molecule is CCO[C@H](O)C(C)(Br)c1ccccc1.